The molecule has 0 spiro atoms. The Balaban J connectivity index is 1.84. The lowest BCUT2D eigenvalue weighted by Gasteiger charge is -2.31. The summed E-state index contributed by atoms with van der Waals surface area (Å²) in [6.45, 7) is 10.5. The summed E-state index contributed by atoms with van der Waals surface area (Å²) >= 11 is 1.54. The zero-order chi connectivity index (χ0) is 26.0. The number of rotatable bonds is 3. The van der Waals surface area contributed by atoms with Crippen molar-refractivity contribution in [2.24, 2.45) is 17.3 Å². The van der Waals surface area contributed by atoms with E-state index < -0.39 is 41.8 Å². The molecule has 0 radical (unpaired) electrons. The summed E-state index contributed by atoms with van der Waals surface area (Å²) in [5, 5.41) is 13.7. The van der Waals surface area contributed by atoms with E-state index in [4.69, 9.17) is 9.47 Å². The Morgan fingerprint density at radius 1 is 1.31 bits per heavy atom. The van der Waals surface area contributed by atoms with E-state index in [1.54, 1.807) is 18.3 Å². The first-order valence-electron chi connectivity index (χ1n) is 12.6. The summed E-state index contributed by atoms with van der Waals surface area (Å²) in [5.41, 5.74) is -0.00553. The molecule has 0 amide bonds. The first-order valence-corrected chi connectivity index (χ1v) is 13.5. The highest BCUT2D eigenvalue weighted by atomic mass is 32.1. The molecule has 1 N–H and O–H groups in total. The van der Waals surface area contributed by atoms with Gasteiger partial charge in [0.15, 0.2) is 0 Å². The molecular formula is C27H40FNO5S. The molecule has 3 heterocycles. The molecule has 196 valence electrons. The number of ether oxygens (including phenoxy) is 2. The number of aliphatic hydroxyl groups excluding tert-OH is 1. The van der Waals surface area contributed by atoms with Crippen LogP contribution in [0.5, 0.6) is 0 Å². The molecule has 0 saturated carbocycles. The number of alkyl halides is 1. The molecule has 2 aliphatic heterocycles. The number of esters is 1. The second kappa shape index (κ2) is 11.2. The van der Waals surface area contributed by atoms with Crippen LogP contribution in [0.3, 0.4) is 0 Å². The second-order valence-corrected chi connectivity index (χ2v) is 12.2. The van der Waals surface area contributed by atoms with Gasteiger partial charge in [-0.15, -0.1) is 11.3 Å². The smallest absolute Gasteiger partial charge is 0.306 e. The van der Waals surface area contributed by atoms with Crippen LogP contribution in [-0.2, 0) is 19.1 Å². The minimum absolute atomic E-state index is 0.0610. The summed E-state index contributed by atoms with van der Waals surface area (Å²) in [6.07, 6.45) is 2.87. The maximum absolute atomic E-state index is 14.1. The fourth-order valence-corrected chi connectivity index (χ4v) is 5.69. The molecule has 1 aromatic heterocycles. The Morgan fingerprint density at radius 2 is 2.03 bits per heavy atom. The molecular weight excluding hydrogens is 469 g/mol. The number of hydrogen-bond donors (Lipinski definition) is 1. The van der Waals surface area contributed by atoms with Crippen LogP contribution < -0.4 is 0 Å². The number of cyclic esters (lactones) is 1. The van der Waals surface area contributed by atoms with Crippen molar-refractivity contribution in [3.63, 3.8) is 0 Å². The fraction of sp³-hybridized carbons (Fsp3) is 0.741. The summed E-state index contributed by atoms with van der Waals surface area (Å²) in [6, 6.07) is 0. The lowest BCUT2D eigenvalue weighted by atomic mass is 9.74. The van der Waals surface area contributed by atoms with Crippen LogP contribution in [0.1, 0.15) is 83.8 Å². The third-order valence-electron chi connectivity index (χ3n) is 7.74. The minimum atomic E-state index is -0.868. The van der Waals surface area contributed by atoms with E-state index in [-0.39, 0.29) is 24.2 Å². The van der Waals surface area contributed by atoms with Crippen LogP contribution in [0.2, 0.25) is 0 Å². The van der Waals surface area contributed by atoms with E-state index >= 15 is 0 Å². The standard InChI is InChI=1S/C27H40FNO5S/c1-16-8-7-10-27(15-28)22(34-27)13-21(17(2)12-20-14-35-19(4)29-20)33-23(30)9-11-26(5,6)25(32)18(3)24(16)31/h12,14,16,18,21-22,24,31H,7-11,13,15H2,1-6H3/b17-12+/t16-,18+,21-,22-,24-,27-/m0/s1. The molecule has 2 saturated heterocycles. The number of ketones is 1. The Kier molecular flexibility index (Phi) is 8.92. The number of Topliss-reactive ketones (excluding diaryl/α,β-unsaturated/α-hetero) is 1. The Bertz CT molecular complexity index is 944. The van der Waals surface area contributed by atoms with E-state index in [0.717, 1.165) is 16.3 Å². The summed E-state index contributed by atoms with van der Waals surface area (Å²) in [4.78, 5) is 30.5. The highest BCUT2D eigenvalue weighted by molar-refractivity contribution is 7.09. The number of hydrogen-bond acceptors (Lipinski definition) is 7. The molecule has 35 heavy (non-hydrogen) atoms. The van der Waals surface area contributed by atoms with E-state index in [2.05, 4.69) is 4.98 Å². The topological polar surface area (TPSA) is 89.0 Å². The number of aromatic nitrogens is 1. The van der Waals surface area contributed by atoms with Crippen molar-refractivity contribution < 1.29 is 28.6 Å². The molecule has 2 aliphatic rings. The lowest BCUT2D eigenvalue weighted by Crippen LogP contribution is -2.39. The summed E-state index contributed by atoms with van der Waals surface area (Å²) in [7, 11) is 0. The second-order valence-electron chi connectivity index (χ2n) is 11.1. The number of carbonyl (C=O) groups is 2. The van der Waals surface area contributed by atoms with Gasteiger partial charge < -0.3 is 14.6 Å². The van der Waals surface area contributed by atoms with Crippen LogP contribution in [0.15, 0.2) is 11.0 Å². The Morgan fingerprint density at radius 3 is 2.66 bits per heavy atom. The van der Waals surface area contributed by atoms with E-state index in [1.165, 1.54) is 0 Å². The third kappa shape index (κ3) is 6.77. The quantitative estimate of drug-likeness (QED) is 0.430. The SMILES string of the molecule is C/C(=C\c1csc(C)n1)[C@@H]1C[C@@H]2O[C@]2(CF)CCC[C@H](C)[C@H](O)[C@@H](C)C(=O)C(C)(C)CCC(=O)O1. The number of carbonyl (C=O) groups excluding carboxylic acids is 2. The number of halogens is 1. The average molecular weight is 510 g/mol. The number of fused-ring (bicyclic) bond motifs is 1. The van der Waals surface area contributed by atoms with E-state index in [0.29, 0.717) is 32.1 Å². The van der Waals surface area contributed by atoms with Crippen LogP contribution in [0.4, 0.5) is 4.39 Å². The molecule has 0 aliphatic carbocycles. The number of nitrogens with zero attached hydrogens (tertiary/aromatic N) is 1. The number of aliphatic hydroxyl groups is 1. The van der Waals surface area contributed by atoms with Crippen LogP contribution in [-0.4, -0.2) is 52.4 Å². The Labute approximate surface area is 212 Å². The molecule has 6 nitrogen and oxygen atoms in total. The van der Waals surface area contributed by atoms with Crippen molar-refractivity contribution in [2.45, 2.75) is 104 Å². The van der Waals surface area contributed by atoms with Gasteiger partial charge in [0.25, 0.3) is 0 Å². The highest BCUT2D eigenvalue weighted by Crippen LogP contribution is 2.46. The van der Waals surface area contributed by atoms with E-state index in [1.807, 2.05) is 46.1 Å². The molecule has 3 rings (SSSR count). The normalized spacial score (nSPS) is 35.3. The van der Waals surface area contributed by atoms with Gasteiger partial charge in [0.2, 0.25) is 0 Å². The largest absolute Gasteiger partial charge is 0.458 e. The molecule has 0 bridgehead atoms. The maximum atomic E-state index is 14.1. The van der Waals surface area contributed by atoms with Gasteiger partial charge in [-0.05, 0) is 50.7 Å². The zero-order valence-corrected chi connectivity index (χ0v) is 22.6. The maximum Gasteiger partial charge on any atom is 0.306 e. The van der Waals surface area contributed by atoms with Crippen LogP contribution in [0.25, 0.3) is 6.08 Å². The van der Waals surface area contributed by atoms with Crippen LogP contribution >= 0.6 is 11.3 Å². The molecule has 0 unspecified atom stereocenters. The molecule has 1 aromatic rings. The monoisotopic (exact) mass is 509 g/mol. The highest BCUT2D eigenvalue weighted by Gasteiger charge is 2.57. The van der Waals surface area contributed by atoms with Crippen molar-refractivity contribution in [3.8, 4) is 0 Å². The average Bonchev–Trinajstić information content (AvgIpc) is 3.34. The number of epoxide rings is 1. The van der Waals surface area contributed by atoms with Gasteiger partial charge >= 0.3 is 5.97 Å². The number of aryl methyl sites for hydroxylation is 1. The summed E-state index contributed by atoms with van der Waals surface area (Å²) < 4.78 is 25.8. The van der Waals surface area contributed by atoms with Crippen LogP contribution in [0, 0.1) is 24.2 Å². The molecule has 2 fully saturated rings. The lowest BCUT2D eigenvalue weighted by molar-refractivity contribution is -0.149. The van der Waals surface area contributed by atoms with Crippen molar-refractivity contribution in [1.29, 1.82) is 0 Å². The fourth-order valence-electron chi connectivity index (χ4n) is 5.12. The first kappa shape index (κ1) is 27.9. The molecule has 6 atom stereocenters. The van der Waals surface area contributed by atoms with Crippen molar-refractivity contribution in [2.75, 3.05) is 6.67 Å². The van der Waals surface area contributed by atoms with Gasteiger partial charge in [0.1, 0.15) is 24.2 Å². The van der Waals surface area contributed by atoms with Crippen molar-refractivity contribution in [1.82, 2.24) is 4.98 Å². The zero-order valence-electron chi connectivity index (χ0n) is 21.8. The van der Waals surface area contributed by atoms with Gasteiger partial charge in [-0.2, -0.15) is 0 Å². The Hall–Kier alpha value is -1.64. The minimum Gasteiger partial charge on any atom is -0.458 e. The summed E-state index contributed by atoms with van der Waals surface area (Å²) in [5.74, 6) is -1.12. The predicted octanol–water partition coefficient (Wildman–Crippen LogP) is 5.46. The van der Waals surface area contributed by atoms with Gasteiger partial charge in [-0.25, -0.2) is 9.37 Å². The van der Waals surface area contributed by atoms with E-state index in [9.17, 15) is 19.1 Å². The van der Waals surface area contributed by atoms with Gasteiger partial charge in [0.05, 0.1) is 22.9 Å². The third-order valence-corrected chi connectivity index (χ3v) is 8.54. The van der Waals surface area contributed by atoms with Crippen molar-refractivity contribution >= 4 is 29.2 Å². The number of thiazole rings is 1. The predicted molar refractivity (Wildman–Crippen MR) is 135 cm³/mol. The van der Waals surface area contributed by atoms with Gasteiger partial charge in [0, 0.05) is 29.6 Å². The van der Waals surface area contributed by atoms with Gasteiger partial charge in [-0.1, -0.05) is 34.1 Å². The first-order chi connectivity index (χ1) is 16.4. The van der Waals surface area contributed by atoms with Crippen molar-refractivity contribution in [3.05, 3.63) is 21.7 Å². The molecule has 8 heteroatoms. The molecule has 0 aromatic carbocycles. The van der Waals surface area contributed by atoms with Gasteiger partial charge in [-0.3, -0.25) is 9.59 Å².